The van der Waals surface area contributed by atoms with Gasteiger partial charge in [-0.2, -0.15) is 5.10 Å². The van der Waals surface area contributed by atoms with Crippen molar-refractivity contribution in [2.45, 2.75) is 39.5 Å². The van der Waals surface area contributed by atoms with Crippen molar-refractivity contribution in [2.24, 2.45) is 11.7 Å². The normalized spacial score (nSPS) is 18.0. The van der Waals surface area contributed by atoms with Gasteiger partial charge in [-0.05, 0) is 37.9 Å². The molecule has 3 rings (SSSR count). The van der Waals surface area contributed by atoms with E-state index in [2.05, 4.69) is 39.8 Å². The van der Waals surface area contributed by atoms with Crippen LogP contribution in [0.1, 0.15) is 48.8 Å². The summed E-state index contributed by atoms with van der Waals surface area (Å²) in [5.74, 6) is 0.480. The number of aromatic nitrogens is 2. The monoisotopic (exact) mass is 340 g/mol. The van der Waals surface area contributed by atoms with Crippen LogP contribution in [0.25, 0.3) is 5.69 Å². The van der Waals surface area contributed by atoms with Gasteiger partial charge in [-0.1, -0.05) is 38.5 Å². The van der Waals surface area contributed by atoms with Gasteiger partial charge in [0, 0.05) is 24.7 Å². The van der Waals surface area contributed by atoms with Gasteiger partial charge in [0.05, 0.1) is 16.9 Å². The topological polar surface area (TPSA) is 64.2 Å². The molecule has 0 aliphatic carbocycles. The molecule has 1 saturated heterocycles. The minimum atomic E-state index is -0.200. The summed E-state index contributed by atoms with van der Waals surface area (Å²) in [5, 5.41) is 4.76. The first kappa shape index (κ1) is 17.7. The first-order chi connectivity index (χ1) is 11.8. The lowest BCUT2D eigenvalue weighted by Crippen LogP contribution is -2.31. The molecular weight excluding hydrogens is 312 g/mol. The number of hydrogen-bond acceptors (Lipinski definition) is 3. The van der Waals surface area contributed by atoms with Crippen molar-refractivity contribution < 1.29 is 4.79 Å². The maximum Gasteiger partial charge on any atom is 0.257 e. The molecule has 134 valence electrons. The summed E-state index contributed by atoms with van der Waals surface area (Å²) >= 11 is 0. The molecule has 25 heavy (non-hydrogen) atoms. The Kier molecular flexibility index (Phi) is 4.69. The van der Waals surface area contributed by atoms with Crippen LogP contribution < -0.4 is 5.73 Å². The number of amides is 1. The largest absolute Gasteiger partial charge is 0.338 e. The maximum atomic E-state index is 13.1. The minimum Gasteiger partial charge on any atom is -0.338 e. The fourth-order valence-corrected chi connectivity index (χ4v) is 3.29. The lowest BCUT2D eigenvalue weighted by atomic mass is 9.89. The van der Waals surface area contributed by atoms with E-state index in [9.17, 15) is 4.79 Å². The van der Waals surface area contributed by atoms with Crippen LogP contribution in [0.15, 0.2) is 30.5 Å². The van der Waals surface area contributed by atoms with E-state index in [1.165, 1.54) is 5.56 Å². The summed E-state index contributed by atoms with van der Waals surface area (Å²) in [6.07, 6.45) is 2.86. The van der Waals surface area contributed by atoms with Crippen molar-refractivity contribution in [3.8, 4) is 5.69 Å². The fourth-order valence-electron chi connectivity index (χ4n) is 3.29. The summed E-state index contributed by atoms with van der Waals surface area (Å²) in [5.41, 5.74) is 9.28. The number of likely N-dealkylation sites (tertiary alicyclic amines) is 1. The molecule has 1 aliphatic rings. The van der Waals surface area contributed by atoms with E-state index in [-0.39, 0.29) is 11.3 Å². The zero-order valence-electron chi connectivity index (χ0n) is 15.6. The molecule has 2 heterocycles. The van der Waals surface area contributed by atoms with E-state index in [0.29, 0.717) is 18.0 Å². The van der Waals surface area contributed by atoms with Gasteiger partial charge >= 0.3 is 0 Å². The van der Waals surface area contributed by atoms with Gasteiger partial charge in [-0.25, -0.2) is 4.68 Å². The molecule has 1 aliphatic heterocycles. The molecule has 1 aromatic heterocycles. The quantitative estimate of drug-likeness (QED) is 0.934. The third-order valence-electron chi connectivity index (χ3n) is 4.86. The van der Waals surface area contributed by atoms with Crippen LogP contribution >= 0.6 is 0 Å². The average molecular weight is 340 g/mol. The van der Waals surface area contributed by atoms with Crippen LogP contribution in [-0.4, -0.2) is 40.2 Å². The highest BCUT2D eigenvalue weighted by atomic mass is 16.2. The fraction of sp³-hybridized carbons (Fsp3) is 0.500. The molecule has 0 spiro atoms. The van der Waals surface area contributed by atoms with Crippen LogP contribution in [0.3, 0.4) is 0 Å². The molecule has 0 bridgehead atoms. The highest BCUT2D eigenvalue weighted by Crippen LogP contribution is 2.28. The molecule has 1 aromatic carbocycles. The number of carbonyl (C=O) groups is 1. The number of carbonyl (C=O) groups excluding carboxylic acids is 1. The highest BCUT2D eigenvalue weighted by molar-refractivity contribution is 5.95. The van der Waals surface area contributed by atoms with Gasteiger partial charge < -0.3 is 10.6 Å². The molecule has 5 nitrogen and oxygen atoms in total. The second-order valence-electron chi connectivity index (χ2n) is 8.06. The van der Waals surface area contributed by atoms with Crippen molar-refractivity contribution in [1.29, 1.82) is 0 Å². The Balaban J connectivity index is 1.97. The zero-order valence-corrected chi connectivity index (χ0v) is 15.6. The van der Waals surface area contributed by atoms with Crippen molar-refractivity contribution in [3.63, 3.8) is 0 Å². The number of nitrogens with two attached hydrogens (primary N) is 1. The van der Waals surface area contributed by atoms with Gasteiger partial charge in [0.15, 0.2) is 0 Å². The molecule has 1 unspecified atom stereocenters. The first-order valence-corrected chi connectivity index (χ1v) is 8.96. The second kappa shape index (κ2) is 6.64. The molecule has 0 saturated carbocycles. The number of hydrogen-bond donors (Lipinski definition) is 1. The van der Waals surface area contributed by atoms with Gasteiger partial charge in [0.2, 0.25) is 0 Å². The number of benzene rings is 1. The Morgan fingerprint density at radius 1 is 1.28 bits per heavy atom. The van der Waals surface area contributed by atoms with Gasteiger partial charge in [0.25, 0.3) is 5.91 Å². The Labute approximate surface area is 149 Å². The summed E-state index contributed by atoms with van der Waals surface area (Å²) in [6.45, 7) is 10.5. The van der Waals surface area contributed by atoms with Crippen LogP contribution in [-0.2, 0) is 5.41 Å². The minimum absolute atomic E-state index is 0.0687. The molecule has 1 amide bonds. The van der Waals surface area contributed by atoms with E-state index in [4.69, 9.17) is 10.8 Å². The summed E-state index contributed by atoms with van der Waals surface area (Å²) < 4.78 is 1.82. The standard InChI is InChI=1S/C20H28N4O/c1-14-5-7-16(8-6-14)24-13-17(18(22-24)20(2,3)4)19(25)23-10-9-15(11-21)12-23/h5-8,13,15H,9-12,21H2,1-4H3. The molecule has 5 heteroatoms. The van der Waals surface area contributed by atoms with E-state index in [1.54, 1.807) is 0 Å². The summed E-state index contributed by atoms with van der Waals surface area (Å²) in [7, 11) is 0. The zero-order chi connectivity index (χ0) is 18.2. The Morgan fingerprint density at radius 2 is 1.96 bits per heavy atom. The highest BCUT2D eigenvalue weighted by Gasteiger charge is 2.32. The molecule has 2 aromatic rings. The predicted octanol–water partition coefficient (Wildman–Crippen LogP) is 2.90. The van der Waals surface area contributed by atoms with E-state index in [1.807, 2.05) is 27.9 Å². The van der Waals surface area contributed by atoms with Crippen LogP contribution in [0.4, 0.5) is 0 Å². The van der Waals surface area contributed by atoms with Crippen LogP contribution in [0.2, 0.25) is 0 Å². The third-order valence-corrected chi connectivity index (χ3v) is 4.86. The predicted molar refractivity (Wildman–Crippen MR) is 100 cm³/mol. The Bertz CT molecular complexity index is 755. The lowest BCUT2D eigenvalue weighted by molar-refractivity contribution is 0.0785. The smallest absolute Gasteiger partial charge is 0.257 e. The molecular formula is C20H28N4O. The number of aryl methyl sites for hydroxylation is 1. The number of rotatable bonds is 3. The van der Waals surface area contributed by atoms with Crippen LogP contribution in [0, 0.1) is 12.8 Å². The van der Waals surface area contributed by atoms with Gasteiger partial charge in [0.1, 0.15) is 0 Å². The molecule has 0 radical (unpaired) electrons. The maximum absolute atomic E-state index is 13.1. The van der Waals surface area contributed by atoms with Crippen LogP contribution in [0.5, 0.6) is 0 Å². The third kappa shape index (κ3) is 3.61. The summed E-state index contributed by atoms with van der Waals surface area (Å²) in [6, 6.07) is 8.18. The van der Waals surface area contributed by atoms with Gasteiger partial charge in [-0.3, -0.25) is 4.79 Å². The second-order valence-corrected chi connectivity index (χ2v) is 8.06. The summed E-state index contributed by atoms with van der Waals surface area (Å²) in [4.78, 5) is 15.0. The average Bonchev–Trinajstić information content (AvgIpc) is 3.21. The first-order valence-electron chi connectivity index (χ1n) is 8.96. The Morgan fingerprint density at radius 3 is 2.52 bits per heavy atom. The van der Waals surface area contributed by atoms with Crippen molar-refractivity contribution in [2.75, 3.05) is 19.6 Å². The number of nitrogens with zero attached hydrogens (tertiary/aromatic N) is 3. The van der Waals surface area contributed by atoms with Gasteiger partial charge in [-0.15, -0.1) is 0 Å². The van der Waals surface area contributed by atoms with Crippen molar-refractivity contribution >= 4 is 5.91 Å². The van der Waals surface area contributed by atoms with Crippen molar-refractivity contribution in [3.05, 3.63) is 47.3 Å². The molecule has 1 fully saturated rings. The SMILES string of the molecule is Cc1ccc(-n2cc(C(=O)N3CCC(CN)C3)c(C(C)(C)C)n2)cc1. The van der Waals surface area contributed by atoms with E-state index >= 15 is 0 Å². The van der Waals surface area contributed by atoms with Crippen molar-refractivity contribution in [1.82, 2.24) is 14.7 Å². The van der Waals surface area contributed by atoms with E-state index in [0.717, 1.165) is 30.9 Å². The Hall–Kier alpha value is -2.14. The molecule has 2 N–H and O–H groups in total. The molecule has 1 atom stereocenters. The van der Waals surface area contributed by atoms with E-state index < -0.39 is 0 Å². The lowest BCUT2D eigenvalue weighted by Gasteiger charge is -2.20.